The molecule has 0 aliphatic heterocycles. The summed E-state index contributed by atoms with van der Waals surface area (Å²) in [5.41, 5.74) is 0.695. The molecule has 0 saturated carbocycles. The number of aliphatic hydroxyl groups excluding tert-OH is 1. The van der Waals surface area contributed by atoms with Gasteiger partial charge in [-0.3, -0.25) is 0 Å². The van der Waals surface area contributed by atoms with Crippen LogP contribution < -0.4 is 4.72 Å². The van der Waals surface area contributed by atoms with Crippen LogP contribution in [0, 0.1) is 23.2 Å². The fraction of sp³-hybridized carbons (Fsp3) is 0.154. The van der Waals surface area contributed by atoms with Gasteiger partial charge in [-0.05, 0) is 23.6 Å². The van der Waals surface area contributed by atoms with Gasteiger partial charge >= 0.3 is 0 Å². The molecule has 0 atom stereocenters. The molecule has 8 heteroatoms. The van der Waals surface area contributed by atoms with E-state index in [0.717, 1.165) is 16.2 Å². The third-order valence-corrected chi connectivity index (χ3v) is 6.23. The molecule has 0 aliphatic carbocycles. The minimum atomic E-state index is -3.64. The molecule has 2 aromatic rings. The average molecular weight is 338 g/mol. The number of sulfonamides is 1. The van der Waals surface area contributed by atoms with Gasteiger partial charge in [0.2, 0.25) is 10.0 Å². The Morgan fingerprint density at radius 3 is 2.81 bits per heavy atom. The third kappa shape index (κ3) is 3.91. The van der Waals surface area contributed by atoms with Crippen molar-refractivity contribution < 1.29 is 13.5 Å². The zero-order chi connectivity index (χ0) is 15.3. The Labute approximate surface area is 130 Å². The van der Waals surface area contributed by atoms with E-state index in [-0.39, 0.29) is 17.4 Å². The molecule has 5 nitrogen and oxygen atoms in total. The molecule has 2 rings (SSSR count). The largest absolute Gasteiger partial charge is 0.384 e. The second-order valence-corrected chi connectivity index (χ2v) is 7.85. The molecule has 2 aromatic heterocycles. The fourth-order valence-electron chi connectivity index (χ4n) is 1.48. The highest BCUT2D eigenvalue weighted by molar-refractivity contribution is 7.91. The standard InChI is InChI=1S/C13H10N2O3S3/c14-8-11-3-4-13(20-11)21(17,18)15-9-12-10(2-1-6-16)5-7-19-12/h3-5,7,15-16H,6,9H2. The first-order valence-electron chi connectivity index (χ1n) is 5.72. The van der Waals surface area contributed by atoms with Gasteiger partial charge < -0.3 is 5.11 Å². The van der Waals surface area contributed by atoms with Gasteiger partial charge in [0, 0.05) is 17.0 Å². The number of aliphatic hydroxyl groups is 1. The topological polar surface area (TPSA) is 90.2 Å². The van der Waals surface area contributed by atoms with E-state index >= 15 is 0 Å². The molecular weight excluding hydrogens is 328 g/mol. The zero-order valence-corrected chi connectivity index (χ0v) is 13.1. The summed E-state index contributed by atoms with van der Waals surface area (Å²) >= 11 is 2.31. The highest BCUT2D eigenvalue weighted by Gasteiger charge is 2.17. The predicted octanol–water partition coefficient (Wildman–Crippen LogP) is 1.50. The van der Waals surface area contributed by atoms with Crippen molar-refractivity contribution in [1.82, 2.24) is 4.72 Å². The molecule has 0 spiro atoms. The number of nitriles is 1. The molecule has 0 fully saturated rings. The Hall–Kier alpha value is -1.68. The van der Waals surface area contributed by atoms with E-state index in [9.17, 15) is 8.42 Å². The second-order valence-electron chi connectivity index (χ2n) is 3.77. The summed E-state index contributed by atoms with van der Waals surface area (Å²) in [6.45, 7) is -0.123. The van der Waals surface area contributed by atoms with Crippen LogP contribution in [0.15, 0.2) is 27.8 Å². The Bertz CT molecular complexity index is 832. The van der Waals surface area contributed by atoms with Crippen LogP contribution in [-0.4, -0.2) is 20.1 Å². The zero-order valence-electron chi connectivity index (χ0n) is 10.7. The van der Waals surface area contributed by atoms with Crippen LogP contribution in [-0.2, 0) is 16.6 Å². The van der Waals surface area contributed by atoms with E-state index in [0.29, 0.717) is 10.4 Å². The van der Waals surface area contributed by atoms with Crippen LogP contribution in [0.25, 0.3) is 0 Å². The first-order chi connectivity index (χ1) is 10.1. The second kappa shape index (κ2) is 6.85. The summed E-state index contributed by atoms with van der Waals surface area (Å²) in [6, 6.07) is 6.57. The van der Waals surface area contributed by atoms with Crippen LogP contribution >= 0.6 is 22.7 Å². The molecule has 0 aromatic carbocycles. The van der Waals surface area contributed by atoms with Crippen molar-refractivity contribution in [2.75, 3.05) is 6.61 Å². The predicted molar refractivity (Wildman–Crippen MR) is 81.3 cm³/mol. The van der Waals surface area contributed by atoms with E-state index in [1.165, 1.54) is 23.5 Å². The van der Waals surface area contributed by atoms with Gasteiger partial charge in [-0.2, -0.15) is 5.26 Å². The lowest BCUT2D eigenvalue weighted by atomic mass is 10.2. The van der Waals surface area contributed by atoms with Gasteiger partial charge in [0.25, 0.3) is 0 Å². The van der Waals surface area contributed by atoms with E-state index in [1.54, 1.807) is 6.07 Å². The maximum Gasteiger partial charge on any atom is 0.250 e. The molecule has 0 saturated heterocycles. The first-order valence-corrected chi connectivity index (χ1v) is 8.90. The van der Waals surface area contributed by atoms with E-state index < -0.39 is 10.0 Å². The molecule has 0 aliphatic rings. The summed E-state index contributed by atoms with van der Waals surface area (Å²) in [5.74, 6) is 5.30. The number of nitrogens with one attached hydrogen (secondary N) is 1. The number of thiophene rings is 2. The lowest BCUT2D eigenvalue weighted by Crippen LogP contribution is -2.22. The van der Waals surface area contributed by atoms with Crippen LogP contribution in [0.1, 0.15) is 15.3 Å². The molecule has 108 valence electrons. The van der Waals surface area contributed by atoms with Crippen LogP contribution in [0.5, 0.6) is 0 Å². The molecule has 0 amide bonds. The van der Waals surface area contributed by atoms with Crippen molar-refractivity contribution >= 4 is 32.7 Å². The molecule has 0 unspecified atom stereocenters. The van der Waals surface area contributed by atoms with Gasteiger partial charge in [0.05, 0.1) is 0 Å². The summed E-state index contributed by atoms with van der Waals surface area (Å²) in [5, 5.41) is 19.2. The Morgan fingerprint density at radius 1 is 1.33 bits per heavy atom. The van der Waals surface area contributed by atoms with E-state index in [2.05, 4.69) is 16.6 Å². The van der Waals surface area contributed by atoms with Crippen molar-refractivity contribution in [3.8, 4) is 17.9 Å². The normalized spacial score (nSPS) is 10.7. The maximum absolute atomic E-state index is 12.1. The minimum absolute atomic E-state index is 0.110. The highest BCUT2D eigenvalue weighted by Crippen LogP contribution is 2.22. The summed E-state index contributed by atoms with van der Waals surface area (Å²) in [6.07, 6.45) is 0. The summed E-state index contributed by atoms with van der Waals surface area (Å²) in [7, 11) is -3.64. The van der Waals surface area contributed by atoms with Gasteiger partial charge in [0.15, 0.2) is 0 Å². The third-order valence-electron chi connectivity index (χ3n) is 2.43. The number of nitrogens with zero attached hydrogens (tertiary/aromatic N) is 1. The van der Waals surface area contributed by atoms with Crippen molar-refractivity contribution in [1.29, 1.82) is 5.26 Å². The first kappa shape index (κ1) is 15.7. The molecule has 0 radical (unpaired) electrons. The summed E-state index contributed by atoms with van der Waals surface area (Å²) in [4.78, 5) is 1.12. The van der Waals surface area contributed by atoms with Gasteiger partial charge in [-0.15, -0.1) is 22.7 Å². The van der Waals surface area contributed by atoms with E-state index in [1.807, 2.05) is 11.4 Å². The lowest BCUT2D eigenvalue weighted by molar-refractivity contribution is 0.350. The number of hydrogen-bond acceptors (Lipinski definition) is 6. The molecule has 0 bridgehead atoms. The van der Waals surface area contributed by atoms with Gasteiger partial charge in [-0.1, -0.05) is 11.8 Å². The average Bonchev–Trinajstić information content (AvgIpc) is 3.12. The number of hydrogen-bond donors (Lipinski definition) is 2. The van der Waals surface area contributed by atoms with Crippen molar-refractivity contribution in [3.05, 3.63) is 38.9 Å². The van der Waals surface area contributed by atoms with Crippen LogP contribution in [0.3, 0.4) is 0 Å². The molecular formula is C13H10N2O3S3. The van der Waals surface area contributed by atoms with Gasteiger partial charge in [-0.25, -0.2) is 13.1 Å². The highest BCUT2D eigenvalue weighted by atomic mass is 32.2. The Morgan fingerprint density at radius 2 is 2.14 bits per heavy atom. The fourth-order valence-corrected chi connectivity index (χ4v) is 4.48. The maximum atomic E-state index is 12.1. The Balaban J connectivity index is 2.12. The molecule has 2 N–H and O–H groups in total. The summed E-state index contributed by atoms with van der Waals surface area (Å²) < 4.78 is 26.8. The number of rotatable bonds is 4. The monoisotopic (exact) mass is 338 g/mol. The van der Waals surface area contributed by atoms with Crippen LogP contribution in [0.4, 0.5) is 0 Å². The van der Waals surface area contributed by atoms with Gasteiger partial charge in [0.1, 0.15) is 21.8 Å². The lowest BCUT2D eigenvalue weighted by Gasteiger charge is -2.03. The Kier molecular flexibility index (Phi) is 5.12. The SMILES string of the molecule is N#Cc1ccc(S(=O)(=O)NCc2sccc2C#CCO)s1. The smallest absolute Gasteiger partial charge is 0.250 e. The molecule has 21 heavy (non-hydrogen) atoms. The minimum Gasteiger partial charge on any atom is -0.384 e. The van der Waals surface area contributed by atoms with Crippen molar-refractivity contribution in [2.24, 2.45) is 0 Å². The van der Waals surface area contributed by atoms with Crippen molar-refractivity contribution in [3.63, 3.8) is 0 Å². The quantitative estimate of drug-likeness (QED) is 0.827. The molecule has 2 heterocycles. The van der Waals surface area contributed by atoms with E-state index in [4.69, 9.17) is 10.4 Å². The van der Waals surface area contributed by atoms with Crippen molar-refractivity contribution in [2.45, 2.75) is 10.8 Å². The van der Waals surface area contributed by atoms with Crippen LogP contribution in [0.2, 0.25) is 0 Å².